The third kappa shape index (κ3) is 6.33. The van der Waals surface area contributed by atoms with Crippen molar-refractivity contribution in [2.45, 2.75) is 58.5 Å². The van der Waals surface area contributed by atoms with E-state index in [4.69, 9.17) is 9.16 Å². The van der Waals surface area contributed by atoms with Crippen molar-refractivity contribution in [2.75, 3.05) is 0 Å². The molecule has 0 saturated heterocycles. The average molecular weight is 454 g/mol. The number of ether oxygens (including phenoxy) is 1. The molecular weight excluding hydrogens is 421 g/mol. The maximum atomic E-state index is 13.0. The summed E-state index contributed by atoms with van der Waals surface area (Å²) in [5.41, 5.74) is 1.88. The molecule has 0 aliphatic carbocycles. The van der Waals surface area contributed by atoms with E-state index in [1.54, 1.807) is 29.0 Å². The van der Waals surface area contributed by atoms with Crippen LogP contribution >= 0.6 is 0 Å². The third-order valence-electron chi connectivity index (χ3n) is 6.03. The van der Waals surface area contributed by atoms with Crippen LogP contribution < -0.4 is 14.7 Å². The third-order valence-corrected chi connectivity index (χ3v) is 10.4. The van der Waals surface area contributed by atoms with Crippen molar-refractivity contribution in [3.63, 3.8) is 0 Å². The number of aromatic nitrogens is 1. The van der Waals surface area contributed by atoms with Crippen LogP contribution in [-0.2, 0) is 19.6 Å². The van der Waals surface area contributed by atoms with E-state index >= 15 is 0 Å². The van der Waals surface area contributed by atoms with E-state index in [0.717, 1.165) is 23.3 Å². The standard InChI is InChI=1S/C26H32FNO3Si/c1-26(2,3)32(4,5)31-23-12-8-20(9-13-23)14-16-28-17-15-24(18-25(28)29)30-19-21-6-10-22(27)11-7-21/h6-13,15,17-18H,14,16,19H2,1-5H3. The zero-order valence-electron chi connectivity index (χ0n) is 19.5. The molecule has 0 N–H and O–H groups in total. The summed E-state index contributed by atoms with van der Waals surface area (Å²) in [5, 5.41) is 0.154. The maximum absolute atomic E-state index is 13.0. The fourth-order valence-electron chi connectivity index (χ4n) is 2.93. The molecule has 6 heteroatoms. The lowest BCUT2D eigenvalue weighted by Gasteiger charge is -2.36. The molecule has 3 aromatic rings. The first-order valence-electron chi connectivity index (χ1n) is 10.9. The zero-order chi connectivity index (χ0) is 23.4. The van der Waals surface area contributed by atoms with Crippen molar-refractivity contribution in [1.82, 2.24) is 4.57 Å². The summed E-state index contributed by atoms with van der Waals surface area (Å²) >= 11 is 0. The number of hydrogen-bond acceptors (Lipinski definition) is 3. The molecule has 0 spiro atoms. The molecule has 0 radical (unpaired) electrons. The predicted octanol–water partition coefficient (Wildman–Crippen LogP) is 6.19. The lowest BCUT2D eigenvalue weighted by atomic mass is 10.1. The molecule has 0 bridgehead atoms. The summed E-state index contributed by atoms with van der Waals surface area (Å²) in [6.45, 7) is 12.0. The molecule has 1 heterocycles. The van der Waals surface area contributed by atoms with Crippen molar-refractivity contribution in [3.8, 4) is 11.5 Å². The van der Waals surface area contributed by atoms with E-state index in [1.807, 2.05) is 12.1 Å². The van der Waals surface area contributed by atoms with Gasteiger partial charge in [0.1, 0.15) is 23.9 Å². The highest BCUT2D eigenvalue weighted by Gasteiger charge is 2.38. The van der Waals surface area contributed by atoms with Gasteiger partial charge in [-0.1, -0.05) is 45.0 Å². The van der Waals surface area contributed by atoms with Gasteiger partial charge in [0.15, 0.2) is 0 Å². The normalized spacial score (nSPS) is 11.9. The van der Waals surface area contributed by atoms with Gasteiger partial charge in [0, 0.05) is 18.8 Å². The first-order chi connectivity index (χ1) is 15.0. The van der Waals surface area contributed by atoms with Crippen LogP contribution in [0.25, 0.3) is 0 Å². The lowest BCUT2D eigenvalue weighted by Crippen LogP contribution is -2.43. The first-order valence-corrected chi connectivity index (χ1v) is 13.8. The fourth-order valence-corrected chi connectivity index (χ4v) is 3.96. The van der Waals surface area contributed by atoms with Crippen molar-refractivity contribution in [2.24, 2.45) is 0 Å². The molecule has 0 aliphatic heterocycles. The fraction of sp³-hybridized carbons (Fsp3) is 0.346. The van der Waals surface area contributed by atoms with Crippen LogP contribution in [0.15, 0.2) is 71.7 Å². The largest absolute Gasteiger partial charge is 0.544 e. The number of hydrogen-bond donors (Lipinski definition) is 0. The molecule has 0 fully saturated rings. The summed E-state index contributed by atoms with van der Waals surface area (Å²) in [7, 11) is -1.85. The number of rotatable bonds is 8. The Kier molecular flexibility index (Phi) is 7.24. The van der Waals surface area contributed by atoms with Gasteiger partial charge < -0.3 is 13.7 Å². The number of nitrogens with zero attached hydrogens (tertiary/aromatic N) is 1. The highest BCUT2D eigenvalue weighted by Crippen LogP contribution is 2.37. The van der Waals surface area contributed by atoms with Gasteiger partial charge in [-0.25, -0.2) is 4.39 Å². The SMILES string of the molecule is CC(C)(C)[Si](C)(C)Oc1ccc(CCn2ccc(OCc3ccc(F)cc3)cc2=O)cc1. The Bertz CT molecular complexity index is 1080. The molecule has 170 valence electrons. The molecule has 0 unspecified atom stereocenters. The van der Waals surface area contributed by atoms with Gasteiger partial charge in [0.2, 0.25) is 8.32 Å². The summed E-state index contributed by atoms with van der Waals surface area (Å²) in [6, 6.07) is 17.5. The molecule has 2 aromatic carbocycles. The molecular formula is C26H32FNO3Si. The van der Waals surface area contributed by atoms with Gasteiger partial charge in [-0.05, 0) is 66.0 Å². The Morgan fingerprint density at radius 1 is 0.906 bits per heavy atom. The van der Waals surface area contributed by atoms with E-state index in [2.05, 4.69) is 46.0 Å². The Morgan fingerprint density at radius 2 is 1.53 bits per heavy atom. The summed E-state index contributed by atoms with van der Waals surface area (Å²) < 4.78 is 26.6. The van der Waals surface area contributed by atoms with Crippen LogP contribution in [0.3, 0.4) is 0 Å². The molecule has 32 heavy (non-hydrogen) atoms. The first kappa shape index (κ1) is 23.8. The number of aryl methyl sites for hydroxylation is 2. The Morgan fingerprint density at radius 3 is 2.12 bits per heavy atom. The highest BCUT2D eigenvalue weighted by atomic mass is 28.4. The van der Waals surface area contributed by atoms with Gasteiger partial charge in [-0.15, -0.1) is 0 Å². The van der Waals surface area contributed by atoms with E-state index in [-0.39, 0.29) is 23.0 Å². The minimum atomic E-state index is -1.85. The van der Waals surface area contributed by atoms with E-state index in [0.29, 0.717) is 12.3 Å². The van der Waals surface area contributed by atoms with Crippen LogP contribution in [0.1, 0.15) is 31.9 Å². The predicted molar refractivity (Wildman–Crippen MR) is 129 cm³/mol. The van der Waals surface area contributed by atoms with Crippen molar-refractivity contribution in [1.29, 1.82) is 0 Å². The second-order valence-corrected chi connectivity index (χ2v) is 14.3. The topological polar surface area (TPSA) is 40.5 Å². The summed E-state index contributed by atoms with van der Waals surface area (Å²) in [4.78, 5) is 12.4. The number of benzene rings is 2. The summed E-state index contributed by atoms with van der Waals surface area (Å²) in [5.74, 6) is 1.12. The van der Waals surface area contributed by atoms with Crippen molar-refractivity contribution >= 4 is 8.32 Å². The summed E-state index contributed by atoms with van der Waals surface area (Å²) in [6.07, 6.45) is 2.49. The molecule has 0 atom stereocenters. The van der Waals surface area contributed by atoms with Gasteiger partial charge in [0.05, 0.1) is 0 Å². The smallest absolute Gasteiger partial charge is 0.254 e. The zero-order valence-corrected chi connectivity index (χ0v) is 20.5. The average Bonchev–Trinajstić information content (AvgIpc) is 2.73. The van der Waals surface area contributed by atoms with Crippen molar-refractivity contribution < 1.29 is 13.6 Å². The second-order valence-electron chi connectivity index (χ2n) is 9.57. The molecule has 0 saturated carbocycles. The molecule has 3 rings (SSSR count). The molecule has 0 amide bonds. The highest BCUT2D eigenvalue weighted by molar-refractivity contribution is 6.74. The Balaban J connectivity index is 1.55. The van der Waals surface area contributed by atoms with Gasteiger partial charge in [-0.2, -0.15) is 0 Å². The number of pyridine rings is 1. The van der Waals surface area contributed by atoms with Gasteiger partial charge in [-0.3, -0.25) is 4.79 Å². The van der Waals surface area contributed by atoms with E-state index in [9.17, 15) is 9.18 Å². The van der Waals surface area contributed by atoms with Crippen molar-refractivity contribution in [3.05, 3.63) is 94.2 Å². The Hall–Kier alpha value is -2.86. The molecule has 1 aromatic heterocycles. The lowest BCUT2D eigenvalue weighted by molar-refractivity contribution is 0.304. The van der Waals surface area contributed by atoms with Gasteiger partial charge in [0.25, 0.3) is 5.56 Å². The number of halogens is 1. The molecule has 4 nitrogen and oxygen atoms in total. The second kappa shape index (κ2) is 9.73. The van der Waals surface area contributed by atoms with Crippen LogP contribution in [0.5, 0.6) is 11.5 Å². The maximum Gasteiger partial charge on any atom is 0.254 e. The van der Waals surface area contributed by atoms with Crippen LogP contribution in [0.4, 0.5) is 4.39 Å². The van der Waals surface area contributed by atoms with Crippen LogP contribution in [0.2, 0.25) is 18.1 Å². The van der Waals surface area contributed by atoms with Gasteiger partial charge >= 0.3 is 0 Å². The Labute approximate surface area is 190 Å². The van der Waals surface area contributed by atoms with Crippen LogP contribution in [0, 0.1) is 5.82 Å². The quantitative estimate of drug-likeness (QED) is 0.382. The van der Waals surface area contributed by atoms with E-state index < -0.39 is 8.32 Å². The van der Waals surface area contributed by atoms with E-state index in [1.165, 1.54) is 18.2 Å². The molecule has 0 aliphatic rings. The van der Waals surface area contributed by atoms with Crippen LogP contribution in [-0.4, -0.2) is 12.9 Å². The monoisotopic (exact) mass is 453 g/mol. The minimum Gasteiger partial charge on any atom is -0.544 e. The minimum absolute atomic E-state index is 0.112.